The molecule has 158 valence electrons. The summed E-state index contributed by atoms with van der Waals surface area (Å²) in [6, 6.07) is 0. The Bertz CT molecular complexity index is 704. The van der Waals surface area contributed by atoms with Crippen molar-refractivity contribution in [3.8, 4) is 0 Å². The van der Waals surface area contributed by atoms with Gasteiger partial charge in [0.15, 0.2) is 14.2 Å². The second-order valence-corrected chi connectivity index (χ2v) is 14.5. The first-order valence-electron chi connectivity index (χ1n) is 10.2. The van der Waals surface area contributed by atoms with Gasteiger partial charge in [-0.25, -0.2) is 4.98 Å². The molecule has 5 atom stereocenters. The fourth-order valence-corrected chi connectivity index (χ4v) is 5.14. The van der Waals surface area contributed by atoms with Gasteiger partial charge >= 0.3 is 0 Å². The molecule has 0 radical (unpaired) electrons. The second kappa shape index (κ2) is 8.64. The van der Waals surface area contributed by atoms with E-state index in [9.17, 15) is 4.79 Å². The lowest BCUT2D eigenvalue weighted by Gasteiger charge is -2.49. The first kappa shape index (κ1) is 23.0. The first-order chi connectivity index (χ1) is 12.9. The Kier molecular flexibility index (Phi) is 7.11. The number of nitrogens with zero attached hydrogens (tertiary/aromatic N) is 1. The van der Waals surface area contributed by atoms with E-state index in [1.165, 1.54) is 0 Å². The molecule has 0 spiro atoms. The van der Waals surface area contributed by atoms with E-state index in [1.54, 1.807) is 6.26 Å². The highest BCUT2D eigenvalue weighted by atomic mass is 28.4. The van der Waals surface area contributed by atoms with Crippen molar-refractivity contribution in [1.82, 2.24) is 4.98 Å². The van der Waals surface area contributed by atoms with Gasteiger partial charge in [0, 0.05) is 25.2 Å². The summed E-state index contributed by atoms with van der Waals surface area (Å²) in [5, 5.41) is 0.128. The van der Waals surface area contributed by atoms with Crippen LogP contribution < -0.4 is 0 Å². The van der Waals surface area contributed by atoms with Crippen LogP contribution in [0.5, 0.6) is 0 Å². The monoisotopic (exact) mass is 407 g/mol. The van der Waals surface area contributed by atoms with Crippen LogP contribution >= 0.6 is 0 Å². The summed E-state index contributed by atoms with van der Waals surface area (Å²) >= 11 is 0. The highest BCUT2D eigenvalue weighted by Gasteiger charge is 2.47. The van der Waals surface area contributed by atoms with Crippen LogP contribution in [0.25, 0.3) is 6.08 Å². The van der Waals surface area contributed by atoms with Gasteiger partial charge in [0.05, 0.1) is 18.3 Å². The molecule has 1 aliphatic heterocycles. The zero-order chi connectivity index (χ0) is 21.3. The minimum absolute atomic E-state index is 0.0481. The number of carbonyl (C=O) groups excluding carboxylic acids is 1. The number of ether oxygens (including phenoxy) is 1. The molecule has 2 heterocycles. The largest absolute Gasteiger partial charge is 0.449 e. The number of carbonyl (C=O) groups is 1. The molecule has 6 heteroatoms. The molecule has 0 N–H and O–H groups in total. The zero-order valence-corrected chi connectivity index (χ0v) is 19.9. The van der Waals surface area contributed by atoms with Crippen molar-refractivity contribution in [2.24, 2.45) is 11.8 Å². The van der Waals surface area contributed by atoms with Crippen molar-refractivity contribution >= 4 is 20.7 Å². The number of aldehydes is 1. The molecule has 1 saturated heterocycles. The topological polar surface area (TPSA) is 61.6 Å². The predicted molar refractivity (Wildman–Crippen MR) is 115 cm³/mol. The zero-order valence-electron chi connectivity index (χ0n) is 18.9. The van der Waals surface area contributed by atoms with Crippen LogP contribution in [0.15, 0.2) is 16.3 Å². The maximum atomic E-state index is 11.3. The van der Waals surface area contributed by atoms with Crippen LogP contribution in [0, 0.1) is 18.8 Å². The number of rotatable bonds is 6. The maximum Gasteiger partial charge on any atom is 0.192 e. The van der Waals surface area contributed by atoms with E-state index < -0.39 is 8.32 Å². The van der Waals surface area contributed by atoms with Crippen LogP contribution in [-0.4, -0.2) is 37.9 Å². The van der Waals surface area contributed by atoms with E-state index in [0.717, 1.165) is 17.6 Å². The van der Waals surface area contributed by atoms with E-state index in [1.807, 2.05) is 13.0 Å². The molecular weight excluding hydrogens is 370 g/mol. The summed E-state index contributed by atoms with van der Waals surface area (Å²) in [7, 11) is -1.95. The molecule has 28 heavy (non-hydrogen) atoms. The van der Waals surface area contributed by atoms with Gasteiger partial charge in [-0.3, -0.25) is 0 Å². The Labute approximate surface area is 171 Å². The van der Waals surface area contributed by atoms with Gasteiger partial charge in [-0.05, 0) is 36.7 Å². The van der Waals surface area contributed by atoms with Crippen molar-refractivity contribution in [3.63, 3.8) is 0 Å². The van der Waals surface area contributed by atoms with Crippen LogP contribution in [0.3, 0.4) is 0 Å². The summed E-state index contributed by atoms with van der Waals surface area (Å²) in [4.78, 5) is 15.6. The van der Waals surface area contributed by atoms with Gasteiger partial charge in [-0.1, -0.05) is 34.6 Å². The molecule has 1 aliphatic rings. The lowest BCUT2D eigenvalue weighted by molar-refractivity contribution is -0.149. The molecular formula is C22H37NO4Si. The molecule has 5 nitrogen and oxygen atoms in total. The van der Waals surface area contributed by atoms with Crippen LogP contribution in [-0.2, 0) is 14.0 Å². The minimum Gasteiger partial charge on any atom is -0.449 e. The molecule has 1 aromatic heterocycles. The molecule has 0 aromatic carbocycles. The van der Waals surface area contributed by atoms with E-state index in [4.69, 9.17) is 13.6 Å². The van der Waals surface area contributed by atoms with Gasteiger partial charge in [0.2, 0.25) is 0 Å². The Hall–Kier alpha value is -1.24. The van der Waals surface area contributed by atoms with Crippen molar-refractivity contribution in [2.75, 3.05) is 0 Å². The summed E-state index contributed by atoms with van der Waals surface area (Å²) in [6.45, 7) is 19.6. The smallest absolute Gasteiger partial charge is 0.192 e. The Morgan fingerprint density at radius 2 is 1.93 bits per heavy atom. The second-order valence-electron chi connectivity index (χ2n) is 9.74. The number of oxazole rings is 1. The molecule has 0 unspecified atom stereocenters. The summed E-state index contributed by atoms with van der Waals surface area (Å²) in [5.74, 6) is 0.979. The van der Waals surface area contributed by atoms with Gasteiger partial charge in [-0.15, -0.1) is 0 Å². The third-order valence-electron chi connectivity index (χ3n) is 6.45. The van der Waals surface area contributed by atoms with Gasteiger partial charge in [-0.2, -0.15) is 0 Å². The highest BCUT2D eigenvalue weighted by molar-refractivity contribution is 6.74. The van der Waals surface area contributed by atoms with Crippen LogP contribution in [0.4, 0.5) is 0 Å². The Morgan fingerprint density at radius 1 is 1.29 bits per heavy atom. The molecule has 1 fully saturated rings. The highest BCUT2D eigenvalue weighted by Crippen LogP contribution is 2.43. The average molecular weight is 408 g/mol. The third-order valence-corrected chi connectivity index (χ3v) is 10.9. The Balaban J connectivity index is 2.33. The SMILES string of the molecule is C/C(=C\c1coc(C)n1)[C@@H]1O[C@H](CC=O)[C@H](C)[C@H](O[Si](C)(C)C(C)(C)C)[C@H]1C. The van der Waals surface area contributed by atoms with Gasteiger partial charge in [0.25, 0.3) is 0 Å². The van der Waals surface area contributed by atoms with Crippen LogP contribution in [0.2, 0.25) is 18.1 Å². The van der Waals surface area contributed by atoms with Crippen molar-refractivity contribution in [3.05, 3.63) is 23.4 Å². The van der Waals surface area contributed by atoms with Crippen molar-refractivity contribution < 1.29 is 18.4 Å². The van der Waals surface area contributed by atoms with Gasteiger partial charge < -0.3 is 18.4 Å². The predicted octanol–water partition coefficient (Wildman–Crippen LogP) is 5.41. The van der Waals surface area contributed by atoms with Gasteiger partial charge in [0.1, 0.15) is 18.2 Å². The summed E-state index contributed by atoms with van der Waals surface area (Å²) < 4.78 is 18.6. The van der Waals surface area contributed by atoms with E-state index in [2.05, 4.69) is 59.6 Å². The number of hydrogen-bond donors (Lipinski definition) is 0. The lowest BCUT2D eigenvalue weighted by atomic mass is 9.80. The maximum absolute atomic E-state index is 11.3. The van der Waals surface area contributed by atoms with Crippen molar-refractivity contribution in [1.29, 1.82) is 0 Å². The normalized spacial score (nSPS) is 29.8. The lowest BCUT2D eigenvalue weighted by Crippen LogP contribution is -2.55. The summed E-state index contributed by atoms with van der Waals surface area (Å²) in [5.41, 5.74) is 1.87. The molecule has 0 aliphatic carbocycles. The number of aromatic nitrogens is 1. The van der Waals surface area contributed by atoms with E-state index >= 15 is 0 Å². The number of hydrogen-bond acceptors (Lipinski definition) is 5. The Morgan fingerprint density at radius 3 is 2.43 bits per heavy atom. The summed E-state index contributed by atoms with van der Waals surface area (Å²) in [6.07, 6.45) is 4.79. The quantitative estimate of drug-likeness (QED) is 0.466. The van der Waals surface area contributed by atoms with Crippen molar-refractivity contribution in [2.45, 2.75) is 91.3 Å². The average Bonchev–Trinajstić information content (AvgIpc) is 2.97. The third kappa shape index (κ3) is 5.02. The molecule has 0 amide bonds. The fourth-order valence-electron chi connectivity index (χ4n) is 3.68. The molecule has 1 aromatic rings. The standard InChI is InChI=1S/C22H37NO4Si/c1-14(12-18-13-25-17(4)23-18)20-16(3)21(15(2)19(26-20)10-11-24)27-28(8,9)22(5,6)7/h11-13,15-16,19-21H,10H2,1-9H3/b14-12+/t15-,16-,19+,20-,21-/m0/s1. The fraction of sp³-hybridized carbons (Fsp3) is 0.727. The first-order valence-corrected chi connectivity index (χ1v) is 13.2. The minimum atomic E-state index is -1.95. The molecule has 0 bridgehead atoms. The molecule has 0 saturated carbocycles. The van der Waals surface area contributed by atoms with E-state index in [-0.39, 0.29) is 35.2 Å². The number of aryl methyl sites for hydroxylation is 1. The molecule has 2 rings (SSSR count). The van der Waals surface area contributed by atoms with Crippen LogP contribution in [0.1, 0.15) is 59.5 Å². The van der Waals surface area contributed by atoms with E-state index in [0.29, 0.717) is 12.3 Å².